The fourth-order valence-electron chi connectivity index (χ4n) is 2.47. The van der Waals surface area contributed by atoms with Crippen molar-refractivity contribution in [1.29, 1.82) is 0 Å². The summed E-state index contributed by atoms with van der Waals surface area (Å²) in [6.45, 7) is 3.71. The molecule has 6 heteroatoms. The van der Waals surface area contributed by atoms with E-state index in [-0.39, 0.29) is 24.4 Å². The quantitative estimate of drug-likeness (QED) is 0.847. The van der Waals surface area contributed by atoms with Crippen molar-refractivity contribution in [2.24, 2.45) is 11.7 Å². The van der Waals surface area contributed by atoms with Crippen LogP contribution in [0.15, 0.2) is 29.2 Å². The molecule has 1 aromatic rings. The first-order valence-electron chi connectivity index (χ1n) is 6.98. The molecular formula is C15H22Cl2N2OS. The van der Waals surface area contributed by atoms with E-state index in [4.69, 9.17) is 17.3 Å². The van der Waals surface area contributed by atoms with Crippen molar-refractivity contribution in [2.75, 3.05) is 18.8 Å². The number of nitrogens with zero attached hydrogens (tertiary/aromatic N) is 1. The number of benzene rings is 1. The second-order valence-electron chi connectivity index (χ2n) is 5.30. The van der Waals surface area contributed by atoms with Crippen LogP contribution in [-0.4, -0.2) is 35.7 Å². The van der Waals surface area contributed by atoms with Crippen LogP contribution in [0.3, 0.4) is 0 Å². The van der Waals surface area contributed by atoms with Gasteiger partial charge in [0, 0.05) is 24.0 Å². The predicted molar refractivity (Wildman–Crippen MR) is 92.4 cm³/mol. The van der Waals surface area contributed by atoms with Crippen LogP contribution in [-0.2, 0) is 4.79 Å². The molecular weight excluding hydrogens is 327 g/mol. The number of hydrogen-bond acceptors (Lipinski definition) is 3. The number of hydrogen-bond donors (Lipinski definition) is 1. The highest BCUT2D eigenvalue weighted by atomic mass is 35.5. The highest BCUT2D eigenvalue weighted by molar-refractivity contribution is 8.00. The first-order valence-corrected chi connectivity index (χ1v) is 8.35. The zero-order valence-corrected chi connectivity index (χ0v) is 14.5. The summed E-state index contributed by atoms with van der Waals surface area (Å²) in [7, 11) is 0. The lowest BCUT2D eigenvalue weighted by atomic mass is 9.91. The lowest BCUT2D eigenvalue weighted by Crippen LogP contribution is -2.43. The Morgan fingerprint density at radius 2 is 2.05 bits per heavy atom. The minimum absolute atomic E-state index is 0. The molecule has 1 unspecified atom stereocenters. The zero-order valence-electron chi connectivity index (χ0n) is 12.1. The van der Waals surface area contributed by atoms with Gasteiger partial charge >= 0.3 is 0 Å². The van der Waals surface area contributed by atoms with Crippen LogP contribution < -0.4 is 5.73 Å². The zero-order chi connectivity index (χ0) is 14.5. The van der Waals surface area contributed by atoms with Crippen LogP contribution >= 0.6 is 35.8 Å². The van der Waals surface area contributed by atoms with Crippen molar-refractivity contribution in [1.82, 2.24) is 4.90 Å². The van der Waals surface area contributed by atoms with E-state index in [1.54, 1.807) is 0 Å². The van der Waals surface area contributed by atoms with Crippen LogP contribution in [0, 0.1) is 5.92 Å². The maximum Gasteiger partial charge on any atom is 0.232 e. The van der Waals surface area contributed by atoms with Gasteiger partial charge in [0.05, 0.1) is 10.8 Å². The Labute approximate surface area is 142 Å². The van der Waals surface area contributed by atoms with Gasteiger partial charge in [-0.2, -0.15) is 0 Å². The molecule has 118 valence electrons. The molecule has 1 aromatic carbocycles. The predicted octanol–water partition coefficient (Wildman–Crippen LogP) is 3.44. The van der Waals surface area contributed by atoms with E-state index >= 15 is 0 Å². The molecule has 0 aromatic heterocycles. The minimum Gasteiger partial charge on any atom is -0.342 e. The van der Waals surface area contributed by atoms with E-state index in [9.17, 15) is 4.79 Å². The summed E-state index contributed by atoms with van der Waals surface area (Å²) in [5, 5.41) is 0.709. The fraction of sp³-hybridized carbons (Fsp3) is 0.533. The number of rotatable bonds is 4. The summed E-state index contributed by atoms with van der Waals surface area (Å²) in [6.07, 6.45) is 2.03. The van der Waals surface area contributed by atoms with E-state index in [1.807, 2.05) is 29.2 Å². The Morgan fingerprint density at radius 1 is 1.43 bits per heavy atom. The summed E-state index contributed by atoms with van der Waals surface area (Å²) in [5.74, 6) is 1.19. The molecule has 1 heterocycles. The van der Waals surface area contributed by atoms with Crippen molar-refractivity contribution >= 4 is 41.7 Å². The number of amides is 1. The molecule has 0 spiro atoms. The van der Waals surface area contributed by atoms with Crippen LogP contribution in [0.5, 0.6) is 0 Å². The molecule has 1 aliphatic heterocycles. The molecule has 0 saturated carbocycles. The molecule has 1 aliphatic rings. The van der Waals surface area contributed by atoms with Crippen molar-refractivity contribution < 1.29 is 4.79 Å². The van der Waals surface area contributed by atoms with Crippen LogP contribution in [0.4, 0.5) is 0 Å². The number of piperidine rings is 1. The number of carbonyl (C=O) groups excluding carboxylic acids is 1. The summed E-state index contributed by atoms with van der Waals surface area (Å²) in [5.41, 5.74) is 5.92. The third-order valence-electron chi connectivity index (χ3n) is 3.82. The average molecular weight is 349 g/mol. The SMILES string of the molecule is CC(N)C1CCN(C(=O)CSc2ccccc2Cl)CC1.Cl. The van der Waals surface area contributed by atoms with E-state index in [0.29, 0.717) is 16.7 Å². The normalized spacial score (nSPS) is 17.2. The molecule has 3 nitrogen and oxygen atoms in total. The molecule has 0 aliphatic carbocycles. The van der Waals surface area contributed by atoms with Crippen molar-refractivity contribution in [2.45, 2.75) is 30.7 Å². The molecule has 1 saturated heterocycles. The molecule has 1 fully saturated rings. The van der Waals surface area contributed by atoms with Gasteiger partial charge in [-0.05, 0) is 37.8 Å². The van der Waals surface area contributed by atoms with Crippen LogP contribution in [0.2, 0.25) is 5.02 Å². The molecule has 0 bridgehead atoms. The Hall–Kier alpha value is -0.420. The molecule has 2 rings (SSSR count). The standard InChI is InChI=1S/C15H21ClN2OS.ClH/c1-11(17)12-6-8-18(9-7-12)15(19)10-20-14-5-3-2-4-13(14)16;/h2-5,11-12H,6-10,17H2,1H3;1H. The van der Waals surface area contributed by atoms with E-state index in [2.05, 4.69) is 6.92 Å². The third-order valence-corrected chi connectivity index (χ3v) is 5.32. The smallest absolute Gasteiger partial charge is 0.232 e. The lowest BCUT2D eigenvalue weighted by molar-refractivity contribution is -0.129. The van der Waals surface area contributed by atoms with E-state index in [1.165, 1.54) is 11.8 Å². The fourth-order valence-corrected chi connectivity index (χ4v) is 3.61. The summed E-state index contributed by atoms with van der Waals surface area (Å²) < 4.78 is 0. The van der Waals surface area contributed by atoms with Gasteiger partial charge in [-0.15, -0.1) is 24.2 Å². The van der Waals surface area contributed by atoms with Crippen LogP contribution in [0.25, 0.3) is 0 Å². The Balaban J connectivity index is 0.00000220. The molecule has 1 amide bonds. The number of nitrogens with two attached hydrogens (primary N) is 1. The van der Waals surface area contributed by atoms with E-state index < -0.39 is 0 Å². The van der Waals surface area contributed by atoms with Gasteiger partial charge in [0.1, 0.15) is 0 Å². The van der Waals surface area contributed by atoms with Gasteiger partial charge < -0.3 is 10.6 Å². The van der Waals surface area contributed by atoms with Gasteiger partial charge in [-0.3, -0.25) is 4.79 Å². The second-order valence-corrected chi connectivity index (χ2v) is 6.72. The Bertz CT molecular complexity index is 463. The first-order chi connectivity index (χ1) is 9.58. The molecule has 2 N–H and O–H groups in total. The monoisotopic (exact) mass is 348 g/mol. The number of thioether (sulfide) groups is 1. The molecule has 0 radical (unpaired) electrons. The van der Waals surface area contributed by atoms with Gasteiger partial charge in [0.15, 0.2) is 0 Å². The van der Waals surface area contributed by atoms with Crippen molar-refractivity contribution in [3.63, 3.8) is 0 Å². The van der Waals surface area contributed by atoms with Gasteiger partial charge in [0.25, 0.3) is 0 Å². The maximum absolute atomic E-state index is 12.2. The third kappa shape index (κ3) is 5.37. The summed E-state index contributed by atoms with van der Waals surface area (Å²) in [4.78, 5) is 15.1. The van der Waals surface area contributed by atoms with Crippen molar-refractivity contribution in [3.05, 3.63) is 29.3 Å². The maximum atomic E-state index is 12.2. The Kier molecular flexibility index (Phi) is 7.88. The minimum atomic E-state index is 0. The van der Waals surface area contributed by atoms with Gasteiger partial charge in [-0.1, -0.05) is 23.7 Å². The number of likely N-dealkylation sites (tertiary alicyclic amines) is 1. The summed E-state index contributed by atoms with van der Waals surface area (Å²) >= 11 is 7.60. The highest BCUT2D eigenvalue weighted by Crippen LogP contribution is 2.27. The van der Waals surface area contributed by atoms with Crippen molar-refractivity contribution in [3.8, 4) is 0 Å². The first kappa shape index (κ1) is 18.6. The molecule has 21 heavy (non-hydrogen) atoms. The average Bonchev–Trinajstić information content (AvgIpc) is 2.46. The second kappa shape index (κ2) is 8.89. The topological polar surface area (TPSA) is 46.3 Å². The van der Waals surface area contributed by atoms with E-state index in [0.717, 1.165) is 30.8 Å². The van der Waals surface area contributed by atoms with Crippen LogP contribution in [0.1, 0.15) is 19.8 Å². The van der Waals surface area contributed by atoms with Gasteiger partial charge in [0.2, 0.25) is 5.91 Å². The largest absolute Gasteiger partial charge is 0.342 e. The lowest BCUT2D eigenvalue weighted by Gasteiger charge is -2.33. The molecule has 1 atom stereocenters. The Morgan fingerprint density at radius 3 is 2.62 bits per heavy atom. The van der Waals surface area contributed by atoms with Gasteiger partial charge in [-0.25, -0.2) is 0 Å². The number of carbonyl (C=O) groups is 1. The highest BCUT2D eigenvalue weighted by Gasteiger charge is 2.24. The summed E-state index contributed by atoms with van der Waals surface area (Å²) in [6, 6.07) is 7.86. The number of halogens is 2.